The number of carbonyl (C=O) groups excluding carboxylic acids is 1. The molecule has 1 aromatic carbocycles. The minimum absolute atomic E-state index is 0.137. The maximum absolute atomic E-state index is 12.4. The Hall–Kier alpha value is -2.05. The van der Waals surface area contributed by atoms with Crippen LogP contribution in [0.25, 0.3) is 17.0 Å². The Kier molecular flexibility index (Phi) is 6.78. The summed E-state index contributed by atoms with van der Waals surface area (Å²) in [7, 11) is 0.221. The van der Waals surface area contributed by atoms with E-state index < -0.39 is 16.4 Å². The van der Waals surface area contributed by atoms with E-state index in [1.807, 2.05) is 84.0 Å². The number of carbonyl (C=O) groups is 1. The first-order chi connectivity index (χ1) is 12.9. The number of aromatic nitrogens is 1. The summed E-state index contributed by atoms with van der Waals surface area (Å²) in [4.78, 5) is 16.6. The molecule has 28 heavy (non-hydrogen) atoms. The van der Waals surface area contributed by atoms with Crippen LogP contribution >= 0.6 is 0 Å². The molecule has 2 rings (SSSR count). The standard InChI is InChI=1S/C22H30N2O3S/c1-15(24-28(26)21(2,3)4)18-11-10-17-9-8-16(14-19(17)23-18)12-13-22(5,6)20(25)27-7/h8-15,24H,1-7H3/b13-12+/t15-,28+/m1/s1. The van der Waals surface area contributed by atoms with Gasteiger partial charge in [0.1, 0.15) is 0 Å². The lowest BCUT2D eigenvalue weighted by Crippen LogP contribution is -2.35. The van der Waals surface area contributed by atoms with Gasteiger partial charge in [0.2, 0.25) is 0 Å². The zero-order chi connectivity index (χ0) is 21.1. The second-order valence-corrected chi connectivity index (χ2v) is 10.5. The van der Waals surface area contributed by atoms with Crippen molar-refractivity contribution in [2.45, 2.75) is 52.3 Å². The molecule has 1 heterocycles. The molecule has 0 spiro atoms. The van der Waals surface area contributed by atoms with E-state index in [1.54, 1.807) is 0 Å². The zero-order valence-corrected chi connectivity index (χ0v) is 18.5. The summed E-state index contributed by atoms with van der Waals surface area (Å²) < 4.78 is 20.0. The van der Waals surface area contributed by atoms with Crippen molar-refractivity contribution in [3.63, 3.8) is 0 Å². The van der Waals surface area contributed by atoms with E-state index in [0.29, 0.717) is 0 Å². The van der Waals surface area contributed by atoms with Crippen molar-refractivity contribution in [2.24, 2.45) is 5.41 Å². The predicted molar refractivity (Wildman–Crippen MR) is 116 cm³/mol. The van der Waals surface area contributed by atoms with Gasteiger partial charge in [0.25, 0.3) is 0 Å². The molecule has 1 N–H and O–H groups in total. The van der Waals surface area contributed by atoms with E-state index in [1.165, 1.54) is 7.11 Å². The van der Waals surface area contributed by atoms with Gasteiger partial charge in [0.15, 0.2) is 0 Å². The lowest BCUT2D eigenvalue weighted by Gasteiger charge is -2.21. The third kappa shape index (κ3) is 5.49. The van der Waals surface area contributed by atoms with Crippen LogP contribution in [-0.2, 0) is 20.5 Å². The van der Waals surface area contributed by atoms with Crippen molar-refractivity contribution in [2.75, 3.05) is 7.11 Å². The number of nitrogens with zero attached hydrogens (tertiary/aromatic N) is 1. The third-order valence-electron chi connectivity index (χ3n) is 4.43. The molecule has 0 radical (unpaired) electrons. The quantitative estimate of drug-likeness (QED) is 0.719. The number of pyridine rings is 1. The van der Waals surface area contributed by atoms with Crippen LogP contribution in [-0.4, -0.2) is 27.0 Å². The highest BCUT2D eigenvalue weighted by Gasteiger charge is 2.25. The minimum atomic E-state index is -1.17. The molecule has 0 aliphatic carbocycles. The smallest absolute Gasteiger partial charge is 0.315 e. The van der Waals surface area contributed by atoms with Crippen molar-refractivity contribution in [3.8, 4) is 0 Å². The Bertz CT molecular complexity index is 914. The van der Waals surface area contributed by atoms with E-state index in [-0.39, 0.29) is 16.8 Å². The molecule has 6 heteroatoms. The van der Waals surface area contributed by atoms with Gasteiger partial charge in [-0.15, -0.1) is 0 Å². The molecule has 0 saturated carbocycles. The van der Waals surface area contributed by atoms with Gasteiger partial charge in [0, 0.05) is 5.39 Å². The number of benzene rings is 1. The van der Waals surface area contributed by atoms with Crippen molar-refractivity contribution in [1.29, 1.82) is 0 Å². The molecule has 152 valence electrons. The largest absolute Gasteiger partial charge is 0.468 e. The molecule has 0 aliphatic heterocycles. The molecule has 0 unspecified atom stereocenters. The van der Waals surface area contributed by atoms with Crippen molar-refractivity contribution in [1.82, 2.24) is 9.71 Å². The van der Waals surface area contributed by atoms with Crippen LogP contribution in [0.1, 0.15) is 58.8 Å². The van der Waals surface area contributed by atoms with Crippen molar-refractivity contribution >= 4 is 33.9 Å². The van der Waals surface area contributed by atoms with Crippen LogP contribution in [0, 0.1) is 5.41 Å². The monoisotopic (exact) mass is 402 g/mol. The van der Waals surface area contributed by atoms with Gasteiger partial charge in [-0.1, -0.05) is 30.4 Å². The summed E-state index contributed by atoms with van der Waals surface area (Å²) in [6.45, 7) is 11.4. The second kappa shape index (κ2) is 8.53. The summed E-state index contributed by atoms with van der Waals surface area (Å²) in [6, 6.07) is 9.81. The van der Waals surface area contributed by atoms with Crippen LogP contribution in [0.4, 0.5) is 0 Å². The molecule has 5 nitrogen and oxygen atoms in total. The number of hydrogen-bond acceptors (Lipinski definition) is 4. The number of hydrogen-bond donors (Lipinski definition) is 1. The normalized spacial score (nSPS) is 15.0. The van der Waals surface area contributed by atoms with Crippen LogP contribution in [0.2, 0.25) is 0 Å². The summed E-state index contributed by atoms with van der Waals surface area (Å²) >= 11 is 0. The molecule has 0 aliphatic rings. The SMILES string of the molecule is COC(=O)C(C)(C)/C=C/c1ccc2ccc([C@@H](C)N[S@@](=O)C(C)(C)C)nc2c1. The highest BCUT2D eigenvalue weighted by molar-refractivity contribution is 7.84. The summed E-state index contributed by atoms with van der Waals surface area (Å²) in [5, 5.41) is 1.03. The van der Waals surface area contributed by atoms with Gasteiger partial charge in [-0.05, 0) is 59.2 Å². The first-order valence-electron chi connectivity index (χ1n) is 9.30. The van der Waals surface area contributed by atoms with E-state index in [0.717, 1.165) is 22.2 Å². The number of ether oxygens (including phenoxy) is 1. The lowest BCUT2D eigenvalue weighted by molar-refractivity contribution is -0.148. The maximum Gasteiger partial charge on any atom is 0.315 e. The highest BCUT2D eigenvalue weighted by Crippen LogP contribution is 2.23. The predicted octanol–water partition coefficient (Wildman–Crippen LogP) is 4.56. The Morgan fingerprint density at radius 1 is 1.18 bits per heavy atom. The molecule has 2 atom stereocenters. The minimum Gasteiger partial charge on any atom is -0.468 e. The number of esters is 1. The number of fused-ring (bicyclic) bond motifs is 1. The average Bonchev–Trinajstić information content (AvgIpc) is 2.64. The van der Waals surface area contributed by atoms with Gasteiger partial charge in [0.05, 0.1) is 45.5 Å². The maximum atomic E-state index is 12.4. The van der Waals surface area contributed by atoms with Crippen molar-refractivity contribution in [3.05, 3.63) is 47.7 Å². The topological polar surface area (TPSA) is 68.3 Å². The van der Waals surface area contributed by atoms with E-state index in [4.69, 9.17) is 9.72 Å². The Labute approximate surface area is 170 Å². The summed E-state index contributed by atoms with van der Waals surface area (Å²) in [5.41, 5.74) is 1.94. The molecule has 2 aromatic rings. The Balaban J connectivity index is 2.28. The zero-order valence-electron chi connectivity index (χ0n) is 17.7. The van der Waals surface area contributed by atoms with Crippen LogP contribution in [0.15, 0.2) is 36.4 Å². The Morgan fingerprint density at radius 2 is 1.82 bits per heavy atom. The van der Waals surface area contributed by atoms with Crippen LogP contribution in [0.5, 0.6) is 0 Å². The fourth-order valence-corrected chi connectivity index (χ4v) is 3.32. The molecule has 0 bridgehead atoms. The van der Waals surface area contributed by atoms with Crippen LogP contribution in [0.3, 0.4) is 0 Å². The lowest BCUT2D eigenvalue weighted by atomic mass is 9.92. The first kappa shape index (κ1) is 22.2. The molecular weight excluding hydrogens is 372 g/mol. The summed E-state index contributed by atoms with van der Waals surface area (Å²) in [5.74, 6) is -0.281. The van der Waals surface area contributed by atoms with Gasteiger partial charge in [-0.2, -0.15) is 0 Å². The van der Waals surface area contributed by atoms with Gasteiger partial charge in [-0.25, -0.2) is 8.93 Å². The average molecular weight is 403 g/mol. The second-order valence-electron chi connectivity index (χ2n) is 8.46. The number of rotatable bonds is 6. The molecule has 0 amide bonds. The van der Waals surface area contributed by atoms with Gasteiger partial charge >= 0.3 is 5.97 Å². The third-order valence-corrected chi connectivity index (χ3v) is 6.11. The van der Waals surface area contributed by atoms with E-state index >= 15 is 0 Å². The summed E-state index contributed by atoms with van der Waals surface area (Å²) in [6.07, 6.45) is 3.74. The van der Waals surface area contributed by atoms with Gasteiger partial charge in [-0.3, -0.25) is 9.78 Å². The van der Waals surface area contributed by atoms with E-state index in [2.05, 4.69) is 4.72 Å². The van der Waals surface area contributed by atoms with E-state index in [9.17, 15) is 9.00 Å². The Morgan fingerprint density at radius 3 is 2.43 bits per heavy atom. The number of nitrogens with one attached hydrogen (secondary N) is 1. The molecule has 0 saturated heterocycles. The molecule has 1 aromatic heterocycles. The highest BCUT2D eigenvalue weighted by atomic mass is 32.2. The van der Waals surface area contributed by atoms with Crippen LogP contribution < -0.4 is 4.72 Å². The first-order valence-corrected chi connectivity index (χ1v) is 10.5. The molecule has 0 fully saturated rings. The fourth-order valence-electron chi connectivity index (χ4n) is 2.53. The molecular formula is C22H30N2O3S. The fraction of sp³-hybridized carbons (Fsp3) is 0.455. The van der Waals surface area contributed by atoms with Gasteiger partial charge < -0.3 is 4.74 Å². The van der Waals surface area contributed by atoms with Crippen molar-refractivity contribution < 1.29 is 13.7 Å². The number of methoxy groups -OCH3 is 1.